The number of Topliss-reactive ketones (excluding diaryl/α,β-unsaturated/α-hetero) is 1. The lowest BCUT2D eigenvalue weighted by Gasteiger charge is -2.27. The van der Waals surface area contributed by atoms with Crippen molar-refractivity contribution in [1.82, 2.24) is 4.90 Å². The Morgan fingerprint density at radius 3 is 2.28 bits per heavy atom. The van der Waals surface area contributed by atoms with Crippen molar-refractivity contribution in [1.29, 1.82) is 0 Å². The number of hydrogen-bond donors (Lipinski definition) is 1. The van der Waals surface area contributed by atoms with Crippen LogP contribution in [0.4, 0.5) is 13.2 Å². The molecular weight excluding hydrogens is 387 g/mol. The summed E-state index contributed by atoms with van der Waals surface area (Å²) in [6.45, 7) is 6.09. The van der Waals surface area contributed by atoms with Crippen LogP contribution < -0.4 is 0 Å². The highest BCUT2D eigenvalue weighted by Gasteiger charge is 2.38. The summed E-state index contributed by atoms with van der Waals surface area (Å²) in [6, 6.07) is 16.3. The third kappa shape index (κ3) is 6.99. The Kier molecular flexibility index (Phi) is 7.92. The van der Waals surface area contributed by atoms with E-state index < -0.39 is 12.1 Å². The summed E-state index contributed by atoms with van der Waals surface area (Å²) in [7, 11) is 0. The van der Waals surface area contributed by atoms with Crippen LogP contribution in [0.1, 0.15) is 22.8 Å². The molecule has 0 spiro atoms. The molecule has 156 valence electrons. The molecule has 2 aromatic carbocycles. The number of ketones is 1. The summed E-state index contributed by atoms with van der Waals surface area (Å²) >= 11 is 0. The van der Waals surface area contributed by atoms with E-state index in [4.69, 9.17) is 14.6 Å². The van der Waals surface area contributed by atoms with E-state index in [9.17, 15) is 18.0 Å². The van der Waals surface area contributed by atoms with E-state index in [1.54, 1.807) is 6.92 Å². The second kappa shape index (κ2) is 10.2. The Bertz CT molecular complexity index is 846. The number of rotatable bonds is 4. The first-order chi connectivity index (χ1) is 13.7. The molecule has 1 aliphatic heterocycles. The number of carbonyl (C=O) groups is 2. The molecule has 1 N–H and O–H groups in total. The number of carboxylic acid groups (broad SMARTS) is 1. The molecule has 0 saturated carbocycles. The van der Waals surface area contributed by atoms with Gasteiger partial charge in [0.05, 0.1) is 13.2 Å². The van der Waals surface area contributed by atoms with Crippen LogP contribution in [0, 0.1) is 0 Å². The Morgan fingerprint density at radius 2 is 1.69 bits per heavy atom. The summed E-state index contributed by atoms with van der Waals surface area (Å²) in [5.41, 5.74) is 4.37. The van der Waals surface area contributed by atoms with Gasteiger partial charge in [-0.2, -0.15) is 13.2 Å². The fourth-order valence-corrected chi connectivity index (χ4v) is 2.85. The highest BCUT2D eigenvalue weighted by atomic mass is 19.4. The second-order valence-corrected chi connectivity index (χ2v) is 6.49. The zero-order valence-corrected chi connectivity index (χ0v) is 15.9. The van der Waals surface area contributed by atoms with Crippen LogP contribution in [0.25, 0.3) is 11.1 Å². The zero-order chi connectivity index (χ0) is 21.4. The van der Waals surface area contributed by atoms with Crippen molar-refractivity contribution in [2.24, 2.45) is 0 Å². The molecule has 0 amide bonds. The van der Waals surface area contributed by atoms with Crippen molar-refractivity contribution < 1.29 is 32.6 Å². The Hall–Kier alpha value is -2.71. The summed E-state index contributed by atoms with van der Waals surface area (Å²) in [4.78, 5) is 22.9. The molecule has 8 heteroatoms. The van der Waals surface area contributed by atoms with Crippen LogP contribution in [0.3, 0.4) is 0 Å². The van der Waals surface area contributed by atoms with Crippen molar-refractivity contribution in [3.63, 3.8) is 0 Å². The molecule has 5 nitrogen and oxygen atoms in total. The van der Waals surface area contributed by atoms with Gasteiger partial charge in [-0.05, 0) is 29.7 Å². The molecule has 0 aliphatic carbocycles. The van der Waals surface area contributed by atoms with Crippen LogP contribution in [0.5, 0.6) is 0 Å². The number of halogens is 3. The largest absolute Gasteiger partial charge is 0.490 e. The van der Waals surface area contributed by atoms with Crippen LogP contribution in [0.2, 0.25) is 0 Å². The molecule has 0 radical (unpaired) electrons. The summed E-state index contributed by atoms with van der Waals surface area (Å²) in [5, 5.41) is 7.12. The Balaban J connectivity index is 0.000000370. The van der Waals surface area contributed by atoms with Gasteiger partial charge in [0, 0.05) is 25.2 Å². The average molecular weight is 409 g/mol. The van der Waals surface area contributed by atoms with Gasteiger partial charge in [0.2, 0.25) is 0 Å². The lowest BCUT2D eigenvalue weighted by atomic mass is 9.97. The minimum absolute atomic E-state index is 0.104. The van der Waals surface area contributed by atoms with Gasteiger partial charge in [0.25, 0.3) is 0 Å². The van der Waals surface area contributed by atoms with Crippen molar-refractivity contribution >= 4 is 11.8 Å². The van der Waals surface area contributed by atoms with E-state index in [0.717, 1.165) is 44.0 Å². The highest BCUT2D eigenvalue weighted by molar-refractivity contribution is 5.95. The molecule has 0 atom stereocenters. The molecule has 1 heterocycles. The van der Waals surface area contributed by atoms with Gasteiger partial charge in [0.15, 0.2) is 5.78 Å². The molecular formula is C21H22F3NO4. The van der Waals surface area contributed by atoms with Gasteiger partial charge in [-0.25, -0.2) is 4.79 Å². The number of nitrogens with zero attached hydrogens (tertiary/aromatic N) is 1. The fourth-order valence-electron chi connectivity index (χ4n) is 2.85. The van der Waals surface area contributed by atoms with Crippen molar-refractivity contribution in [3.8, 4) is 11.1 Å². The Morgan fingerprint density at radius 1 is 1.07 bits per heavy atom. The zero-order valence-electron chi connectivity index (χ0n) is 15.9. The molecule has 2 aromatic rings. The normalized spacial score (nSPS) is 14.6. The van der Waals surface area contributed by atoms with Gasteiger partial charge in [-0.15, -0.1) is 0 Å². The van der Waals surface area contributed by atoms with Gasteiger partial charge in [-0.3, -0.25) is 9.69 Å². The maximum atomic E-state index is 11.6. The van der Waals surface area contributed by atoms with E-state index in [2.05, 4.69) is 35.2 Å². The number of aliphatic carboxylic acids is 1. The third-order valence-corrected chi connectivity index (χ3v) is 4.34. The Labute approximate surface area is 166 Å². The fraction of sp³-hybridized carbons (Fsp3) is 0.333. The predicted octanol–water partition coefficient (Wildman–Crippen LogP) is 4.02. The van der Waals surface area contributed by atoms with E-state index in [1.807, 2.05) is 18.2 Å². The number of benzene rings is 2. The quantitative estimate of drug-likeness (QED) is 0.773. The number of carbonyl (C=O) groups excluding carboxylic acids is 1. The van der Waals surface area contributed by atoms with Crippen molar-refractivity contribution in [2.45, 2.75) is 19.6 Å². The first kappa shape index (κ1) is 22.6. The summed E-state index contributed by atoms with van der Waals surface area (Å²) < 4.78 is 37.2. The number of carboxylic acids is 1. The van der Waals surface area contributed by atoms with Crippen molar-refractivity contribution in [2.75, 3.05) is 26.3 Å². The maximum absolute atomic E-state index is 11.6. The summed E-state index contributed by atoms with van der Waals surface area (Å²) in [6.07, 6.45) is -5.08. The van der Waals surface area contributed by atoms with Crippen molar-refractivity contribution in [3.05, 3.63) is 59.7 Å². The first-order valence-electron chi connectivity index (χ1n) is 8.98. The number of ether oxygens (including phenoxy) is 1. The van der Waals surface area contributed by atoms with Gasteiger partial charge < -0.3 is 9.84 Å². The minimum Gasteiger partial charge on any atom is -0.475 e. The SMILES string of the molecule is CC(=O)c1cccc(-c2ccccc2CN2CCOCC2)c1.O=C(O)C(F)(F)F. The van der Waals surface area contributed by atoms with Gasteiger partial charge >= 0.3 is 12.1 Å². The van der Waals surface area contributed by atoms with E-state index >= 15 is 0 Å². The first-order valence-corrected chi connectivity index (χ1v) is 8.98. The third-order valence-electron chi connectivity index (χ3n) is 4.34. The van der Waals surface area contributed by atoms with Gasteiger partial charge in [0.1, 0.15) is 0 Å². The molecule has 1 saturated heterocycles. The number of alkyl halides is 3. The molecule has 1 fully saturated rings. The topological polar surface area (TPSA) is 66.8 Å². The molecule has 3 rings (SSSR count). The monoisotopic (exact) mass is 409 g/mol. The molecule has 0 bridgehead atoms. The molecule has 1 aliphatic rings. The predicted molar refractivity (Wildman–Crippen MR) is 102 cm³/mol. The summed E-state index contributed by atoms with van der Waals surface area (Å²) in [5.74, 6) is -2.65. The maximum Gasteiger partial charge on any atom is 0.490 e. The lowest BCUT2D eigenvalue weighted by Crippen LogP contribution is -2.35. The van der Waals surface area contributed by atoms with Gasteiger partial charge in [-0.1, -0.05) is 42.5 Å². The van der Waals surface area contributed by atoms with E-state index in [-0.39, 0.29) is 5.78 Å². The second-order valence-electron chi connectivity index (χ2n) is 6.49. The molecule has 29 heavy (non-hydrogen) atoms. The van der Waals surface area contributed by atoms with Crippen LogP contribution >= 0.6 is 0 Å². The standard InChI is InChI=1S/C19H21NO2.C2HF3O2/c1-15(21)16-6-4-7-17(13-16)19-8-3-2-5-18(19)14-20-9-11-22-12-10-20;3-2(4,5)1(6)7/h2-8,13H,9-12,14H2,1H3;(H,6,7). The molecule has 0 aromatic heterocycles. The molecule has 0 unspecified atom stereocenters. The van der Waals surface area contributed by atoms with E-state index in [1.165, 1.54) is 11.1 Å². The van der Waals surface area contributed by atoms with Crippen LogP contribution in [-0.4, -0.2) is 54.2 Å². The smallest absolute Gasteiger partial charge is 0.475 e. The van der Waals surface area contributed by atoms with E-state index in [0.29, 0.717) is 0 Å². The average Bonchev–Trinajstić information content (AvgIpc) is 2.69. The number of hydrogen-bond acceptors (Lipinski definition) is 4. The van der Waals surface area contributed by atoms with Crippen LogP contribution in [-0.2, 0) is 16.1 Å². The minimum atomic E-state index is -5.08. The number of morpholine rings is 1. The lowest BCUT2D eigenvalue weighted by molar-refractivity contribution is -0.192. The van der Waals surface area contributed by atoms with Crippen LogP contribution in [0.15, 0.2) is 48.5 Å². The highest BCUT2D eigenvalue weighted by Crippen LogP contribution is 2.26.